The Balaban J connectivity index is 1.86. The molecule has 0 aliphatic heterocycles. The quantitative estimate of drug-likeness (QED) is 0.757. The first-order valence-electron chi connectivity index (χ1n) is 5.64. The molecule has 0 aliphatic rings. The summed E-state index contributed by atoms with van der Waals surface area (Å²) in [6.45, 7) is 0.755. The van der Waals surface area contributed by atoms with E-state index in [1.54, 1.807) is 0 Å². The van der Waals surface area contributed by atoms with Gasteiger partial charge in [-0.1, -0.05) is 54.1 Å². The van der Waals surface area contributed by atoms with Crippen molar-refractivity contribution in [2.24, 2.45) is 0 Å². The Bertz CT molecular complexity index is 673. The van der Waals surface area contributed by atoms with E-state index in [1.807, 2.05) is 5.38 Å². The fourth-order valence-corrected chi connectivity index (χ4v) is 2.79. The van der Waals surface area contributed by atoms with Gasteiger partial charge in [0.25, 0.3) is 0 Å². The van der Waals surface area contributed by atoms with Crippen LogP contribution < -0.4 is 5.32 Å². The third-order valence-corrected chi connectivity index (χ3v) is 3.91. The molecule has 0 spiro atoms. The van der Waals surface area contributed by atoms with Gasteiger partial charge in [-0.05, 0) is 16.3 Å². The maximum Gasteiger partial charge on any atom is 0.184 e. The lowest BCUT2D eigenvalue weighted by atomic mass is 10.0. The molecule has 0 saturated carbocycles. The monoisotopic (exact) mass is 274 g/mol. The van der Waals surface area contributed by atoms with Gasteiger partial charge in [0.2, 0.25) is 0 Å². The van der Waals surface area contributed by atoms with Gasteiger partial charge >= 0.3 is 0 Å². The van der Waals surface area contributed by atoms with Crippen LogP contribution in [0.4, 0.5) is 5.13 Å². The van der Waals surface area contributed by atoms with Crippen LogP contribution in [0.25, 0.3) is 10.8 Å². The van der Waals surface area contributed by atoms with Crippen molar-refractivity contribution >= 4 is 38.8 Å². The minimum Gasteiger partial charge on any atom is -0.357 e. The number of rotatable bonds is 3. The van der Waals surface area contributed by atoms with E-state index < -0.39 is 0 Å². The predicted octanol–water partition coefficient (Wildman–Crippen LogP) is 4.56. The summed E-state index contributed by atoms with van der Waals surface area (Å²) < 4.78 is 0. The van der Waals surface area contributed by atoms with Crippen molar-refractivity contribution in [2.75, 3.05) is 5.32 Å². The predicted molar refractivity (Wildman–Crippen MR) is 78.4 cm³/mol. The van der Waals surface area contributed by atoms with Crippen molar-refractivity contribution < 1.29 is 0 Å². The molecule has 1 aromatic heterocycles. The SMILES string of the molecule is Clc1csc(NCc2cccc3ccccc23)n1. The van der Waals surface area contributed by atoms with Crippen LogP contribution in [-0.4, -0.2) is 4.98 Å². The highest BCUT2D eigenvalue weighted by molar-refractivity contribution is 7.14. The minimum atomic E-state index is 0.542. The number of anilines is 1. The van der Waals surface area contributed by atoms with Gasteiger partial charge in [0.15, 0.2) is 5.13 Å². The molecular formula is C14H11ClN2S. The summed E-state index contributed by atoms with van der Waals surface area (Å²) in [7, 11) is 0. The highest BCUT2D eigenvalue weighted by Gasteiger charge is 2.02. The first-order chi connectivity index (χ1) is 8.83. The van der Waals surface area contributed by atoms with Crippen LogP contribution in [0.2, 0.25) is 5.15 Å². The molecular weight excluding hydrogens is 264 g/mol. The second-order valence-corrected chi connectivity index (χ2v) is 5.21. The molecule has 1 N–H and O–H groups in total. The lowest BCUT2D eigenvalue weighted by Gasteiger charge is -2.07. The Kier molecular flexibility index (Phi) is 3.17. The van der Waals surface area contributed by atoms with Gasteiger partial charge in [0, 0.05) is 11.9 Å². The molecule has 0 radical (unpaired) electrons. The molecule has 0 aliphatic carbocycles. The maximum absolute atomic E-state index is 5.80. The molecule has 0 unspecified atom stereocenters. The van der Waals surface area contributed by atoms with Crippen molar-refractivity contribution in [1.29, 1.82) is 0 Å². The molecule has 0 fully saturated rings. The van der Waals surface area contributed by atoms with Gasteiger partial charge in [0.1, 0.15) is 5.15 Å². The molecule has 18 heavy (non-hydrogen) atoms. The van der Waals surface area contributed by atoms with Crippen LogP contribution in [0.15, 0.2) is 47.8 Å². The fourth-order valence-electron chi connectivity index (χ4n) is 1.95. The summed E-state index contributed by atoms with van der Waals surface area (Å²) in [5, 5.41) is 9.05. The maximum atomic E-state index is 5.80. The summed E-state index contributed by atoms with van der Waals surface area (Å²) >= 11 is 7.32. The van der Waals surface area contributed by atoms with E-state index in [4.69, 9.17) is 11.6 Å². The molecule has 0 bridgehead atoms. The van der Waals surface area contributed by atoms with Crippen molar-refractivity contribution in [3.8, 4) is 0 Å². The van der Waals surface area contributed by atoms with Crippen molar-refractivity contribution in [2.45, 2.75) is 6.54 Å². The van der Waals surface area contributed by atoms with E-state index in [-0.39, 0.29) is 0 Å². The van der Waals surface area contributed by atoms with Crippen LogP contribution in [-0.2, 0) is 6.54 Å². The first kappa shape index (κ1) is 11.5. The van der Waals surface area contributed by atoms with E-state index in [9.17, 15) is 0 Å². The lowest BCUT2D eigenvalue weighted by Crippen LogP contribution is -1.99. The zero-order valence-electron chi connectivity index (χ0n) is 9.56. The molecule has 2 aromatic carbocycles. The smallest absolute Gasteiger partial charge is 0.184 e. The molecule has 2 nitrogen and oxygen atoms in total. The molecule has 3 rings (SSSR count). The zero-order valence-corrected chi connectivity index (χ0v) is 11.1. The van der Waals surface area contributed by atoms with E-state index in [0.29, 0.717) is 5.15 Å². The second kappa shape index (κ2) is 4.96. The number of nitrogens with one attached hydrogen (secondary N) is 1. The normalized spacial score (nSPS) is 10.7. The average molecular weight is 275 g/mol. The average Bonchev–Trinajstić information content (AvgIpc) is 2.82. The minimum absolute atomic E-state index is 0.542. The Hall–Kier alpha value is -1.58. The number of fused-ring (bicyclic) bond motifs is 1. The summed E-state index contributed by atoms with van der Waals surface area (Å²) in [5.74, 6) is 0. The van der Waals surface area contributed by atoms with Crippen LogP contribution in [0.1, 0.15) is 5.56 Å². The first-order valence-corrected chi connectivity index (χ1v) is 6.90. The molecule has 1 heterocycles. The van der Waals surface area contributed by atoms with Crippen LogP contribution >= 0.6 is 22.9 Å². The van der Waals surface area contributed by atoms with Gasteiger partial charge in [0.05, 0.1) is 0 Å². The summed E-state index contributed by atoms with van der Waals surface area (Å²) in [6, 6.07) is 14.7. The number of hydrogen-bond acceptors (Lipinski definition) is 3. The topological polar surface area (TPSA) is 24.9 Å². The number of hydrogen-bond donors (Lipinski definition) is 1. The molecule has 0 amide bonds. The fraction of sp³-hybridized carbons (Fsp3) is 0.0714. The summed E-state index contributed by atoms with van der Waals surface area (Å²) in [4.78, 5) is 4.18. The Morgan fingerprint density at radius 1 is 1.11 bits per heavy atom. The van der Waals surface area contributed by atoms with E-state index in [1.165, 1.54) is 27.7 Å². The summed E-state index contributed by atoms with van der Waals surface area (Å²) in [6.07, 6.45) is 0. The van der Waals surface area contributed by atoms with Gasteiger partial charge in [-0.25, -0.2) is 4.98 Å². The zero-order chi connectivity index (χ0) is 12.4. The van der Waals surface area contributed by atoms with Crippen LogP contribution in [0.3, 0.4) is 0 Å². The van der Waals surface area contributed by atoms with Crippen LogP contribution in [0, 0.1) is 0 Å². The van der Waals surface area contributed by atoms with Gasteiger partial charge in [-0.15, -0.1) is 11.3 Å². The van der Waals surface area contributed by atoms with Gasteiger partial charge in [-0.2, -0.15) is 0 Å². The molecule has 0 saturated heterocycles. The third kappa shape index (κ3) is 2.33. The van der Waals surface area contributed by atoms with E-state index in [0.717, 1.165) is 11.7 Å². The van der Waals surface area contributed by atoms with E-state index >= 15 is 0 Å². The van der Waals surface area contributed by atoms with E-state index in [2.05, 4.69) is 52.8 Å². The highest BCUT2D eigenvalue weighted by Crippen LogP contribution is 2.22. The van der Waals surface area contributed by atoms with Crippen molar-refractivity contribution in [3.63, 3.8) is 0 Å². The largest absolute Gasteiger partial charge is 0.357 e. The number of halogens is 1. The number of nitrogens with zero attached hydrogens (tertiary/aromatic N) is 1. The van der Waals surface area contributed by atoms with Crippen molar-refractivity contribution in [1.82, 2.24) is 4.98 Å². The second-order valence-electron chi connectivity index (χ2n) is 3.97. The molecule has 0 atom stereocenters. The lowest BCUT2D eigenvalue weighted by molar-refractivity contribution is 1.15. The number of aromatic nitrogens is 1. The molecule has 4 heteroatoms. The molecule has 3 aromatic rings. The number of benzene rings is 2. The standard InChI is InChI=1S/C14H11ClN2S/c15-13-9-18-14(17-13)16-8-11-6-3-5-10-4-1-2-7-12(10)11/h1-7,9H,8H2,(H,16,17). The van der Waals surface area contributed by atoms with Gasteiger partial charge < -0.3 is 5.32 Å². The molecule has 90 valence electrons. The van der Waals surface area contributed by atoms with Gasteiger partial charge in [-0.3, -0.25) is 0 Å². The number of thiazole rings is 1. The highest BCUT2D eigenvalue weighted by atomic mass is 35.5. The Morgan fingerprint density at radius 3 is 2.78 bits per heavy atom. The van der Waals surface area contributed by atoms with Crippen LogP contribution in [0.5, 0.6) is 0 Å². The Labute approximate surface area is 114 Å². The van der Waals surface area contributed by atoms with Crippen molar-refractivity contribution in [3.05, 3.63) is 58.6 Å². The third-order valence-electron chi connectivity index (χ3n) is 2.79. The summed E-state index contributed by atoms with van der Waals surface area (Å²) in [5.41, 5.74) is 1.26. The Morgan fingerprint density at radius 2 is 1.94 bits per heavy atom.